The van der Waals surface area contributed by atoms with Crippen molar-refractivity contribution in [3.8, 4) is 5.75 Å². The van der Waals surface area contributed by atoms with E-state index < -0.39 is 0 Å². The molecule has 1 fully saturated rings. The average molecular weight is 324 g/mol. The van der Waals surface area contributed by atoms with Crippen LogP contribution in [-0.2, 0) is 9.53 Å². The van der Waals surface area contributed by atoms with Gasteiger partial charge in [-0.2, -0.15) is 0 Å². The number of amides is 1. The third kappa shape index (κ3) is 6.15. The van der Waals surface area contributed by atoms with E-state index in [0.717, 1.165) is 19.4 Å². The van der Waals surface area contributed by atoms with Crippen LogP contribution in [0, 0.1) is 17.7 Å². The number of ether oxygens (including phenoxy) is 2. The number of benzene rings is 1. The first kappa shape index (κ1) is 17.7. The summed E-state index contributed by atoms with van der Waals surface area (Å²) in [4.78, 5) is 12.1. The van der Waals surface area contributed by atoms with Gasteiger partial charge in [0, 0.05) is 45.3 Å². The van der Waals surface area contributed by atoms with Crippen LogP contribution in [0.5, 0.6) is 5.75 Å². The maximum absolute atomic E-state index is 13.1. The average Bonchev–Trinajstić information content (AvgIpc) is 2.57. The van der Waals surface area contributed by atoms with Crippen LogP contribution in [0.25, 0.3) is 0 Å². The molecule has 0 bridgehead atoms. The number of nitrogens with one attached hydrogen (secondary N) is 2. The third-order valence-electron chi connectivity index (χ3n) is 3.92. The lowest BCUT2D eigenvalue weighted by Gasteiger charge is -2.29. The predicted octanol–water partition coefficient (Wildman–Crippen LogP) is 1.58. The van der Waals surface area contributed by atoms with Crippen molar-refractivity contribution in [1.82, 2.24) is 10.6 Å². The molecule has 1 aromatic carbocycles. The van der Waals surface area contributed by atoms with Crippen molar-refractivity contribution in [3.05, 3.63) is 30.1 Å². The summed E-state index contributed by atoms with van der Waals surface area (Å²) >= 11 is 0. The Kier molecular flexibility index (Phi) is 7.29. The Hall–Kier alpha value is -1.66. The SMILES string of the molecule is COCCCNC(=O)[C@H]1CNC[C@@H](COc2cccc(F)c2)C1. The van der Waals surface area contributed by atoms with Crippen molar-refractivity contribution in [2.75, 3.05) is 40.0 Å². The highest BCUT2D eigenvalue weighted by Crippen LogP contribution is 2.19. The van der Waals surface area contributed by atoms with E-state index in [9.17, 15) is 9.18 Å². The van der Waals surface area contributed by atoms with Gasteiger partial charge >= 0.3 is 0 Å². The van der Waals surface area contributed by atoms with E-state index >= 15 is 0 Å². The summed E-state index contributed by atoms with van der Waals surface area (Å²) in [5, 5.41) is 6.22. The molecule has 128 valence electrons. The molecule has 0 saturated carbocycles. The van der Waals surface area contributed by atoms with E-state index in [1.807, 2.05) is 0 Å². The number of carbonyl (C=O) groups excluding carboxylic acids is 1. The zero-order chi connectivity index (χ0) is 16.5. The topological polar surface area (TPSA) is 59.6 Å². The summed E-state index contributed by atoms with van der Waals surface area (Å²) in [6, 6.07) is 6.12. The zero-order valence-electron chi connectivity index (χ0n) is 13.5. The Morgan fingerprint density at radius 3 is 3.09 bits per heavy atom. The van der Waals surface area contributed by atoms with Gasteiger partial charge in [0.2, 0.25) is 5.91 Å². The molecule has 1 aliphatic rings. The minimum Gasteiger partial charge on any atom is -0.493 e. The Balaban J connectivity index is 1.73. The molecule has 0 spiro atoms. The largest absolute Gasteiger partial charge is 0.493 e. The Bertz CT molecular complexity index is 498. The molecule has 0 unspecified atom stereocenters. The van der Waals surface area contributed by atoms with Gasteiger partial charge < -0.3 is 20.1 Å². The maximum atomic E-state index is 13.1. The number of methoxy groups -OCH3 is 1. The summed E-state index contributed by atoms with van der Waals surface area (Å²) in [5.74, 6) is 0.479. The standard InChI is InChI=1S/C17H25FN2O3/c1-22-7-3-6-20-17(21)14-8-13(10-19-11-14)12-23-16-5-2-4-15(18)9-16/h2,4-5,9,13-14,19H,3,6-8,10-12H2,1H3,(H,20,21)/t13-,14+/m0/s1. The van der Waals surface area contributed by atoms with Crippen molar-refractivity contribution in [3.63, 3.8) is 0 Å². The molecule has 1 aromatic rings. The summed E-state index contributed by atoms with van der Waals surface area (Å²) in [5.41, 5.74) is 0. The van der Waals surface area contributed by atoms with Gasteiger partial charge in [-0.15, -0.1) is 0 Å². The highest BCUT2D eigenvalue weighted by atomic mass is 19.1. The molecule has 1 heterocycles. The first-order chi connectivity index (χ1) is 11.2. The minimum atomic E-state index is -0.308. The van der Waals surface area contributed by atoms with Crippen LogP contribution in [-0.4, -0.2) is 45.9 Å². The van der Waals surface area contributed by atoms with Crippen LogP contribution in [0.3, 0.4) is 0 Å². The van der Waals surface area contributed by atoms with Gasteiger partial charge in [-0.1, -0.05) is 6.07 Å². The molecule has 0 aromatic heterocycles. The van der Waals surface area contributed by atoms with Crippen molar-refractivity contribution >= 4 is 5.91 Å². The molecule has 0 radical (unpaired) electrons. The molecule has 0 aliphatic carbocycles. The van der Waals surface area contributed by atoms with Gasteiger partial charge in [-0.05, 0) is 25.0 Å². The van der Waals surface area contributed by atoms with Crippen molar-refractivity contribution in [1.29, 1.82) is 0 Å². The van der Waals surface area contributed by atoms with Crippen LogP contribution in [0.2, 0.25) is 0 Å². The number of hydrogen-bond acceptors (Lipinski definition) is 4. The van der Waals surface area contributed by atoms with Gasteiger partial charge in [-0.25, -0.2) is 4.39 Å². The van der Waals surface area contributed by atoms with Crippen molar-refractivity contribution in [2.24, 2.45) is 11.8 Å². The molecule has 23 heavy (non-hydrogen) atoms. The molecule has 1 amide bonds. The number of piperidine rings is 1. The number of carbonyl (C=O) groups is 1. The van der Waals surface area contributed by atoms with Crippen LogP contribution < -0.4 is 15.4 Å². The number of halogens is 1. The molecular weight excluding hydrogens is 299 g/mol. The van der Waals surface area contributed by atoms with Crippen LogP contribution >= 0.6 is 0 Å². The van der Waals surface area contributed by atoms with E-state index in [2.05, 4.69) is 10.6 Å². The van der Waals surface area contributed by atoms with Gasteiger partial charge in [0.05, 0.1) is 12.5 Å². The number of rotatable bonds is 8. The molecule has 6 heteroatoms. The zero-order valence-corrected chi connectivity index (χ0v) is 13.5. The fourth-order valence-electron chi connectivity index (χ4n) is 2.70. The second-order valence-electron chi connectivity index (χ2n) is 5.86. The van der Waals surface area contributed by atoms with Gasteiger partial charge in [0.25, 0.3) is 0 Å². The lowest BCUT2D eigenvalue weighted by Crippen LogP contribution is -2.45. The maximum Gasteiger partial charge on any atom is 0.224 e. The normalized spacial score (nSPS) is 21.0. The van der Waals surface area contributed by atoms with E-state index in [1.54, 1.807) is 19.2 Å². The molecule has 2 N–H and O–H groups in total. The lowest BCUT2D eigenvalue weighted by molar-refractivity contribution is -0.126. The monoisotopic (exact) mass is 324 g/mol. The quantitative estimate of drug-likeness (QED) is 0.713. The summed E-state index contributed by atoms with van der Waals surface area (Å²) in [7, 11) is 1.65. The molecule has 2 rings (SSSR count). The van der Waals surface area contributed by atoms with Gasteiger partial charge in [0.1, 0.15) is 11.6 Å². The van der Waals surface area contributed by atoms with E-state index in [0.29, 0.717) is 32.1 Å². The van der Waals surface area contributed by atoms with Crippen LogP contribution in [0.15, 0.2) is 24.3 Å². The van der Waals surface area contributed by atoms with E-state index in [4.69, 9.17) is 9.47 Å². The second-order valence-corrected chi connectivity index (χ2v) is 5.86. The van der Waals surface area contributed by atoms with Crippen molar-refractivity contribution < 1.29 is 18.7 Å². The molecule has 5 nitrogen and oxygen atoms in total. The molecule has 2 atom stereocenters. The fourth-order valence-corrected chi connectivity index (χ4v) is 2.70. The molecule has 1 aliphatic heterocycles. The first-order valence-corrected chi connectivity index (χ1v) is 8.04. The van der Waals surface area contributed by atoms with Crippen LogP contribution in [0.1, 0.15) is 12.8 Å². The highest BCUT2D eigenvalue weighted by Gasteiger charge is 2.27. The Labute approximate surface area is 136 Å². The highest BCUT2D eigenvalue weighted by molar-refractivity contribution is 5.78. The smallest absolute Gasteiger partial charge is 0.224 e. The molecule has 1 saturated heterocycles. The first-order valence-electron chi connectivity index (χ1n) is 8.04. The fraction of sp³-hybridized carbons (Fsp3) is 0.588. The molecular formula is C17H25FN2O3. The Morgan fingerprint density at radius 1 is 1.43 bits per heavy atom. The lowest BCUT2D eigenvalue weighted by atomic mass is 9.90. The van der Waals surface area contributed by atoms with Crippen LogP contribution in [0.4, 0.5) is 4.39 Å². The van der Waals surface area contributed by atoms with E-state index in [1.165, 1.54) is 12.1 Å². The number of hydrogen-bond donors (Lipinski definition) is 2. The second kappa shape index (κ2) is 9.47. The minimum absolute atomic E-state index is 0.0487. The summed E-state index contributed by atoms with van der Waals surface area (Å²) < 4.78 is 23.7. The third-order valence-corrected chi connectivity index (χ3v) is 3.92. The summed E-state index contributed by atoms with van der Waals surface area (Å²) in [6.07, 6.45) is 1.59. The van der Waals surface area contributed by atoms with E-state index in [-0.39, 0.29) is 23.6 Å². The Morgan fingerprint density at radius 2 is 2.30 bits per heavy atom. The van der Waals surface area contributed by atoms with Crippen molar-refractivity contribution in [2.45, 2.75) is 12.8 Å². The predicted molar refractivity (Wildman–Crippen MR) is 85.9 cm³/mol. The summed E-state index contributed by atoms with van der Waals surface area (Å²) in [6.45, 7) is 3.25. The van der Waals surface area contributed by atoms with Gasteiger partial charge in [0.15, 0.2) is 0 Å². The van der Waals surface area contributed by atoms with Gasteiger partial charge in [-0.3, -0.25) is 4.79 Å².